The van der Waals surface area contributed by atoms with Crippen LogP contribution in [0.25, 0.3) is 0 Å². The molecular formula is C19H21N8O5S2+. The van der Waals surface area contributed by atoms with Gasteiger partial charge in [-0.15, -0.1) is 11.8 Å². The van der Waals surface area contributed by atoms with Gasteiger partial charge in [0.2, 0.25) is 11.5 Å². The normalized spacial score (nSPS) is 20.0. The second-order valence-corrected chi connectivity index (χ2v) is 9.13. The minimum Gasteiger partial charge on any atom is -0.477 e. The third-order valence-electron chi connectivity index (χ3n) is 4.94. The number of hydrogen-bond acceptors (Lipinski definition) is 11. The Morgan fingerprint density at radius 3 is 2.88 bits per heavy atom. The number of aromatic nitrogens is 3. The van der Waals surface area contributed by atoms with Crippen LogP contribution in [0.15, 0.2) is 41.0 Å². The second-order valence-electron chi connectivity index (χ2n) is 7.24. The minimum absolute atomic E-state index is 0.0269. The number of amides is 2. The van der Waals surface area contributed by atoms with E-state index in [9.17, 15) is 19.5 Å². The summed E-state index contributed by atoms with van der Waals surface area (Å²) < 4.78 is 5.72. The third-order valence-corrected chi connectivity index (χ3v) is 6.83. The highest BCUT2D eigenvalue weighted by molar-refractivity contribution is 8.00. The van der Waals surface area contributed by atoms with E-state index in [1.165, 1.54) is 16.7 Å². The zero-order valence-electron chi connectivity index (χ0n) is 17.9. The number of fused-ring (bicyclic) bond motifs is 1. The molecule has 2 amide bonds. The van der Waals surface area contributed by atoms with Crippen molar-refractivity contribution in [1.29, 1.82) is 0 Å². The molecule has 13 nitrogen and oxygen atoms in total. The Balaban J connectivity index is 1.53. The lowest BCUT2D eigenvalue weighted by Crippen LogP contribution is -2.71. The number of rotatable bonds is 8. The lowest BCUT2D eigenvalue weighted by molar-refractivity contribution is -0.688. The van der Waals surface area contributed by atoms with Crippen LogP contribution in [-0.4, -0.2) is 66.6 Å². The van der Waals surface area contributed by atoms with Crippen molar-refractivity contribution in [3.8, 4) is 0 Å². The average molecular weight is 506 g/mol. The number of nitrogens with one attached hydrogen (secondary N) is 1. The van der Waals surface area contributed by atoms with E-state index in [4.69, 9.17) is 16.3 Å². The number of carbonyl (C=O) groups is 3. The first-order valence-electron chi connectivity index (χ1n) is 10.0. The molecule has 2 aromatic heterocycles. The summed E-state index contributed by atoms with van der Waals surface area (Å²) in [5, 5.41) is 15.8. The summed E-state index contributed by atoms with van der Waals surface area (Å²) in [4.78, 5) is 48.0. The zero-order chi connectivity index (χ0) is 24.4. The summed E-state index contributed by atoms with van der Waals surface area (Å²) in [6, 6.07) is 2.53. The molecule has 0 aliphatic carbocycles. The van der Waals surface area contributed by atoms with Crippen LogP contribution in [0.2, 0.25) is 0 Å². The molecular weight excluding hydrogens is 484 g/mol. The first-order chi connectivity index (χ1) is 16.3. The lowest BCUT2D eigenvalue weighted by Gasteiger charge is -2.49. The van der Waals surface area contributed by atoms with Gasteiger partial charge in [0.05, 0.1) is 5.69 Å². The highest BCUT2D eigenvalue weighted by atomic mass is 32.2. The number of nitrogens with two attached hydrogens (primary N) is 2. The van der Waals surface area contributed by atoms with Crippen LogP contribution in [0.5, 0.6) is 0 Å². The smallest absolute Gasteiger partial charge is 0.352 e. The van der Waals surface area contributed by atoms with E-state index in [-0.39, 0.29) is 35.5 Å². The quantitative estimate of drug-likeness (QED) is 0.152. The molecule has 1 unspecified atom stereocenters. The first-order valence-corrected chi connectivity index (χ1v) is 11.9. The number of oxime groups is 1. The Morgan fingerprint density at radius 2 is 2.24 bits per heavy atom. The standard InChI is InChI=1S/C19H20N8O5S2/c1-2-32-24-11(14-23-19(21)34-25-14)15(28)22-12-16(29)27-13(18(30)31)9(8-33-17(12)27)6-26-5-3-4-10(20)7-26/h3-5,7,12,17H,2,6,8,20H2,1H3,(H3-,21,22,23,25,28,30,31)/p+1/t12?,17-/m1/s1. The Bertz CT molecular complexity index is 1210. The molecule has 0 radical (unpaired) electrons. The van der Waals surface area contributed by atoms with E-state index in [0.29, 0.717) is 17.0 Å². The molecule has 178 valence electrons. The number of aliphatic carboxylic acids is 1. The van der Waals surface area contributed by atoms with Crippen molar-refractivity contribution in [2.75, 3.05) is 23.8 Å². The predicted molar refractivity (Wildman–Crippen MR) is 123 cm³/mol. The molecule has 0 spiro atoms. The SMILES string of the molecule is CCON=C(C(=O)NC1C(=O)N2C(C(=O)O)=C(C[n+]3cccc(N)c3)CS[C@H]12)c1nsc(N)n1. The van der Waals surface area contributed by atoms with E-state index in [0.717, 1.165) is 11.5 Å². The van der Waals surface area contributed by atoms with Crippen LogP contribution in [0.3, 0.4) is 0 Å². The van der Waals surface area contributed by atoms with Gasteiger partial charge in [0.15, 0.2) is 24.1 Å². The topological polar surface area (TPSA) is 190 Å². The summed E-state index contributed by atoms with van der Waals surface area (Å²) >= 11 is 2.24. The van der Waals surface area contributed by atoms with E-state index in [2.05, 4.69) is 19.8 Å². The van der Waals surface area contributed by atoms with Crippen LogP contribution in [0.1, 0.15) is 12.7 Å². The number of anilines is 2. The fourth-order valence-electron chi connectivity index (χ4n) is 3.52. The Labute approximate surface area is 201 Å². The van der Waals surface area contributed by atoms with Crippen LogP contribution in [-0.2, 0) is 25.8 Å². The molecule has 6 N–H and O–H groups in total. The monoisotopic (exact) mass is 505 g/mol. The van der Waals surface area contributed by atoms with Crippen LogP contribution < -0.4 is 21.4 Å². The maximum absolute atomic E-state index is 12.9. The minimum atomic E-state index is -1.22. The van der Waals surface area contributed by atoms with Gasteiger partial charge in [-0.05, 0) is 13.0 Å². The number of nitrogen functional groups attached to an aromatic ring is 2. The second kappa shape index (κ2) is 9.64. The fourth-order valence-corrected chi connectivity index (χ4v) is 5.29. The molecule has 4 rings (SSSR count). The van der Waals surface area contributed by atoms with Gasteiger partial charge in [0, 0.05) is 28.9 Å². The molecule has 1 saturated heterocycles. The molecule has 0 saturated carbocycles. The van der Waals surface area contributed by atoms with E-state index in [1.54, 1.807) is 36.0 Å². The van der Waals surface area contributed by atoms with E-state index < -0.39 is 29.2 Å². The maximum atomic E-state index is 12.9. The molecule has 2 aliphatic rings. The number of hydrogen-bond donors (Lipinski definition) is 4. The fraction of sp³-hybridized carbons (Fsp3) is 0.316. The average Bonchev–Trinajstić information content (AvgIpc) is 3.23. The van der Waals surface area contributed by atoms with E-state index in [1.807, 2.05) is 0 Å². The highest BCUT2D eigenvalue weighted by Gasteiger charge is 2.54. The number of carbonyl (C=O) groups excluding carboxylic acids is 2. The lowest BCUT2D eigenvalue weighted by atomic mass is 10.0. The number of pyridine rings is 1. The highest BCUT2D eigenvalue weighted by Crippen LogP contribution is 2.40. The summed E-state index contributed by atoms with van der Waals surface area (Å²) in [6.45, 7) is 2.15. The van der Waals surface area contributed by atoms with Gasteiger partial charge in [0.1, 0.15) is 23.7 Å². The molecule has 34 heavy (non-hydrogen) atoms. The van der Waals surface area contributed by atoms with Gasteiger partial charge >= 0.3 is 5.97 Å². The van der Waals surface area contributed by atoms with Crippen LogP contribution >= 0.6 is 23.3 Å². The van der Waals surface area contributed by atoms with Crippen molar-refractivity contribution in [2.45, 2.75) is 24.9 Å². The van der Waals surface area contributed by atoms with Gasteiger partial charge in [-0.3, -0.25) is 14.5 Å². The summed E-state index contributed by atoms with van der Waals surface area (Å²) in [7, 11) is 0. The Morgan fingerprint density at radius 1 is 1.44 bits per heavy atom. The van der Waals surface area contributed by atoms with E-state index >= 15 is 0 Å². The number of carboxylic acid groups (broad SMARTS) is 1. The van der Waals surface area contributed by atoms with Crippen molar-refractivity contribution >= 4 is 57.6 Å². The van der Waals surface area contributed by atoms with Gasteiger partial charge in [-0.25, -0.2) is 4.79 Å². The van der Waals surface area contributed by atoms with Crippen molar-refractivity contribution in [3.05, 3.63) is 41.6 Å². The summed E-state index contributed by atoms with van der Waals surface area (Å²) in [5.74, 6) is -2.16. The molecule has 0 bridgehead atoms. The molecule has 15 heteroatoms. The van der Waals surface area contributed by atoms with Crippen molar-refractivity contribution in [1.82, 2.24) is 19.6 Å². The molecule has 2 aliphatic heterocycles. The molecule has 2 aromatic rings. The molecule has 0 aromatic carbocycles. The molecule has 4 heterocycles. The van der Waals surface area contributed by atoms with Crippen molar-refractivity contribution in [3.63, 3.8) is 0 Å². The van der Waals surface area contributed by atoms with Crippen LogP contribution in [0, 0.1) is 0 Å². The zero-order valence-corrected chi connectivity index (χ0v) is 19.5. The van der Waals surface area contributed by atoms with Gasteiger partial charge in [-0.2, -0.15) is 13.9 Å². The number of thioether (sulfide) groups is 1. The summed E-state index contributed by atoms with van der Waals surface area (Å²) in [6.07, 6.45) is 3.45. The van der Waals surface area contributed by atoms with Crippen molar-refractivity contribution < 1.29 is 28.9 Å². The first kappa shape index (κ1) is 23.4. The third kappa shape index (κ3) is 4.51. The van der Waals surface area contributed by atoms with Gasteiger partial charge in [-0.1, -0.05) is 5.16 Å². The van der Waals surface area contributed by atoms with Crippen molar-refractivity contribution in [2.24, 2.45) is 5.16 Å². The van der Waals surface area contributed by atoms with Gasteiger partial charge in [0.25, 0.3) is 11.8 Å². The van der Waals surface area contributed by atoms with Crippen LogP contribution in [0.4, 0.5) is 10.8 Å². The number of carboxylic acids is 1. The Kier molecular flexibility index (Phi) is 6.65. The van der Waals surface area contributed by atoms with Gasteiger partial charge < -0.3 is 26.7 Å². The Hall–Kier alpha value is -3.72. The summed E-state index contributed by atoms with van der Waals surface area (Å²) in [5.41, 5.74) is 12.2. The maximum Gasteiger partial charge on any atom is 0.352 e. The molecule has 2 atom stereocenters. The largest absolute Gasteiger partial charge is 0.477 e. The number of β-lactam (4-membered cyclic amide) rings is 1. The number of nitrogens with zero attached hydrogens (tertiary/aromatic N) is 5. The molecule has 1 fully saturated rings. The predicted octanol–water partition coefficient (Wildman–Crippen LogP) is -0.831.